The number of aryl methyl sites for hydroxylation is 1. The minimum Gasteiger partial charge on any atom is -0.379 e. The number of ether oxygens (including phenoxy) is 2. The first-order chi connectivity index (χ1) is 12.3. The highest BCUT2D eigenvalue weighted by atomic mass is 19.4. The molecule has 0 unspecified atom stereocenters. The number of carbonyl (C=O) groups is 1. The van der Waals surface area contributed by atoms with Crippen LogP contribution in [0.1, 0.15) is 34.2 Å². The van der Waals surface area contributed by atoms with Crippen molar-refractivity contribution in [3.05, 3.63) is 51.2 Å². The SMILES string of the molecule is CCOCCOCc1nc(C(F)(F)F)ccc1C(=O)c1c[nH]n(C)c1=O. The first-order valence-electron chi connectivity index (χ1n) is 7.77. The summed E-state index contributed by atoms with van der Waals surface area (Å²) < 4.78 is 50.2. The molecule has 0 aliphatic carbocycles. The standard InChI is InChI=1S/C16H18F3N3O4/c1-3-25-6-7-26-9-12-10(4-5-13(21-12)16(17,18)19)14(23)11-8-20-22(2)15(11)24/h4-5,8,20H,3,6-7,9H2,1-2H3. The van der Waals surface area contributed by atoms with Crippen LogP contribution in [0.5, 0.6) is 0 Å². The largest absolute Gasteiger partial charge is 0.433 e. The maximum Gasteiger partial charge on any atom is 0.433 e. The maximum atomic E-state index is 12.9. The van der Waals surface area contributed by atoms with Crippen LogP contribution in [0.4, 0.5) is 13.2 Å². The van der Waals surface area contributed by atoms with E-state index in [1.54, 1.807) is 6.92 Å². The molecular weight excluding hydrogens is 355 g/mol. The molecule has 0 atom stereocenters. The Labute approximate surface area is 146 Å². The topological polar surface area (TPSA) is 86.2 Å². The fraction of sp³-hybridized carbons (Fsp3) is 0.438. The zero-order valence-electron chi connectivity index (χ0n) is 14.2. The smallest absolute Gasteiger partial charge is 0.379 e. The highest BCUT2D eigenvalue weighted by Gasteiger charge is 2.33. The van der Waals surface area contributed by atoms with Crippen LogP contribution in [0, 0.1) is 0 Å². The molecule has 0 radical (unpaired) electrons. The number of rotatable bonds is 8. The van der Waals surface area contributed by atoms with Crippen molar-refractivity contribution in [1.82, 2.24) is 14.8 Å². The number of hydrogen-bond donors (Lipinski definition) is 1. The van der Waals surface area contributed by atoms with Gasteiger partial charge in [0.15, 0.2) is 0 Å². The predicted molar refractivity (Wildman–Crippen MR) is 84.9 cm³/mol. The summed E-state index contributed by atoms with van der Waals surface area (Å²) in [6.07, 6.45) is -3.46. The lowest BCUT2D eigenvalue weighted by atomic mass is 10.0. The maximum absolute atomic E-state index is 12.9. The van der Waals surface area contributed by atoms with Crippen molar-refractivity contribution in [3.8, 4) is 0 Å². The van der Waals surface area contributed by atoms with E-state index in [2.05, 4.69) is 10.1 Å². The summed E-state index contributed by atoms with van der Waals surface area (Å²) in [5, 5.41) is 2.54. The number of halogens is 3. The van der Waals surface area contributed by atoms with Gasteiger partial charge in [-0.3, -0.25) is 14.3 Å². The molecule has 7 nitrogen and oxygen atoms in total. The Morgan fingerprint density at radius 2 is 1.92 bits per heavy atom. The van der Waals surface area contributed by atoms with Gasteiger partial charge >= 0.3 is 6.18 Å². The molecule has 2 aromatic rings. The van der Waals surface area contributed by atoms with E-state index in [0.29, 0.717) is 12.7 Å². The van der Waals surface area contributed by atoms with Gasteiger partial charge < -0.3 is 14.6 Å². The molecule has 0 bridgehead atoms. The summed E-state index contributed by atoms with van der Waals surface area (Å²) in [6.45, 7) is 2.35. The van der Waals surface area contributed by atoms with E-state index in [1.165, 1.54) is 13.2 Å². The molecule has 142 valence electrons. The van der Waals surface area contributed by atoms with Crippen molar-refractivity contribution in [3.63, 3.8) is 0 Å². The molecule has 10 heteroatoms. The van der Waals surface area contributed by atoms with E-state index in [9.17, 15) is 22.8 Å². The molecule has 0 aliphatic heterocycles. The Morgan fingerprint density at radius 3 is 2.50 bits per heavy atom. The molecule has 1 N–H and O–H groups in total. The fourth-order valence-corrected chi connectivity index (χ4v) is 2.18. The van der Waals surface area contributed by atoms with E-state index < -0.39 is 23.2 Å². The van der Waals surface area contributed by atoms with Crippen molar-refractivity contribution >= 4 is 5.78 Å². The summed E-state index contributed by atoms with van der Waals surface area (Å²) in [7, 11) is 1.42. The van der Waals surface area contributed by atoms with Crippen molar-refractivity contribution in [2.75, 3.05) is 19.8 Å². The van der Waals surface area contributed by atoms with Gasteiger partial charge in [0.25, 0.3) is 5.56 Å². The molecule has 0 spiro atoms. The van der Waals surface area contributed by atoms with Gasteiger partial charge in [-0.2, -0.15) is 13.2 Å². The van der Waals surface area contributed by atoms with Crippen LogP contribution in [0.25, 0.3) is 0 Å². The number of nitrogens with zero attached hydrogens (tertiary/aromatic N) is 2. The molecule has 0 fully saturated rings. The van der Waals surface area contributed by atoms with Crippen LogP contribution in [-0.4, -0.2) is 40.4 Å². The van der Waals surface area contributed by atoms with Crippen molar-refractivity contribution in [2.45, 2.75) is 19.7 Å². The molecule has 0 aliphatic rings. The van der Waals surface area contributed by atoms with Crippen LogP contribution < -0.4 is 5.56 Å². The number of ketones is 1. The van der Waals surface area contributed by atoms with Gasteiger partial charge in [-0.25, -0.2) is 4.98 Å². The van der Waals surface area contributed by atoms with Crippen LogP contribution >= 0.6 is 0 Å². The predicted octanol–water partition coefficient (Wildman–Crippen LogP) is 1.91. The van der Waals surface area contributed by atoms with Gasteiger partial charge in [0.05, 0.1) is 25.5 Å². The number of pyridine rings is 1. The van der Waals surface area contributed by atoms with Gasteiger partial charge in [-0.15, -0.1) is 0 Å². The number of alkyl halides is 3. The van der Waals surface area contributed by atoms with Crippen LogP contribution in [-0.2, 0) is 29.3 Å². The number of nitrogens with one attached hydrogen (secondary N) is 1. The third-order valence-electron chi connectivity index (χ3n) is 3.51. The number of aromatic amines is 1. The minimum atomic E-state index is -4.66. The van der Waals surface area contributed by atoms with Crippen molar-refractivity contribution in [1.29, 1.82) is 0 Å². The molecule has 0 saturated carbocycles. The monoisotopic (exact) mass is 373 g/mol. The molecule has 0 aromatic carbocycles. The minimum absolute atomic E-state index is 0.119. The average Bonchev–Trinajstić information content (AvgIpc) is 2.92. The lowest BCUT2D eigenvalue weighted by Crippen LogP contribution is -2.21. The molecule has 0 amide bonds. The Hall–Kier alpha value is -2.46. The van der Waals surface area contributed by atoms with Gasteiger partial charge in [-0.05, 0) is 19.1 Å². The first-order valence-corrected chi connectivity index (χ1v) is 7.77. The number of carbonyl (C=O) groups excluding carboxylic acids is 1. The van der Waals surface area contributed by atoms with Gasteiger partial charge in [0.2, 0.25) is 5.78 Å². The van der Waals surface area contributed by atoms with E-state index in [0.717, 1.165) is 10.7 Å². The summed E-state index contributed by atoms with van der Waals surface area (Å²) in [5.41, 5.74) is -2.22. The second-order valence-corrected chi connectivity index (χ2v) is 5.32. The lowest BCUT2D eigenvalue weighted by molar-refractivity contribution is -0.141. The summed E-state index contributed by atoms with van der Waals surface area (Å²) in [4.78, 5) is 28.0. The summed E-state index contributed by atoms with van der Waals surface area (Å²) in [6, 6.07) is 1.71. The van der Waals surface area contributed by atoms with E-state index in [-0.39, 0.29) is 36.6 Å². The Kier molecular flexibility index (Phi) is 6.32. The molecule has 0 saturated heterocycles. The highest BCUT2D eigenvalue weighted by molar-refractivity contribution is 6.09. The number of H-pyrrole nitrogens is 1. The Bertz CT molecular complexity index is 827. The number of hydrogen-bond acceptors (Lipinski definition) is 5. The first kappa shape index (κ1) is 19.9. The van der Waals surface area contributed by atoms with E-state index in [1.807, 2.05) is 0 Å². The molecule has 2 rings (SSSR count). The molecule has 26 heavy (non-hydrogen) atoms. The highest BCUT2D eigenvalue weighted by Crippen LogP contribution is 2.28. The molecule has 2 heterocycles. The zero-order valence-corrected chi connectivity index (χ0v) is 14.2. The normalized spacial score (nSPS) is 11.7. The Morgan fingerprint density at radius 1 is 1.23 bits per heavy atom. The molecule has 2 aromatic heterocycles. The van der Waals surface area contributed by atoms with Gasteiger partial charge in [0, 0.05) is 25.4 Å². The van der Waals surface area contributed by atoms with E-state index in [4.69, 9.17) is 9.47 Å². The van der Waals surface area contributed by atoms with Gasteiger partial charge in [0.1, 0.15) is 11.3 Å². The van der Waals surface area contributed by atoms with Crippen molar-refractivity contribution < 1.29 is 27.4 Å². The summed E-state index contributed by atoms with van der Waals surface area (Å²) in [5.74, 6) is -0.725. The fourth-order valence-electron chi connectivity index (χ4n) is 2.18. The summed E-state index contributed by atoms with van der Waals surface area (Å²) >= 11 is 0. The van der Waals surface area contributed by atoms with Gasteiger partial charge in [-0.1, -0.05) is 0 Å². The second kappa shape index (κ2) is 8.28. The van der Waals surface area contributed by atoms with Crippen LogP contribution in [0.3, 0.4) is 0 Å². The number of aromatic nitrogens is 3. The third-order valence-corrected chi connectivity index (χ3v) is 3.51. The second-order valence-electron chi connectivity index (χ2n) is 5.32. The Balaban J connectivity index is 2.32. The quantitative estimate of drug-likeness (QED) is 0.564. The van der Waals surface area contributed by atoms with Crippen LogP contribution in [0.15, 0.2) is 23.1 Å². The average molecular weight is 373 g/mol. The van der Waals surface area contributed by atoms with Crippen molar-refractivity contribution in [2.24, 2.45) is 7.05 Å². The third kappa shape index (κ3) is 4.58. The zero-order chi connectivity index (χ0) is 19.3. The van der Waals surface area contributed by atoms with Crippen LogP contribution in [0.2, 0.25) is 0 Å². The lowest BCUT2D eigenvalue weighted by Gasteiger charge is -2.12. The van der Waals surface area contributed by atoms with E-state index >= 15 is 0 Å². The molecular formula is C16H18F3N3O4.